The van der Waals surface area contributed by atoms with E-state index in [0.29, 0.717) is 5.69 Å². The van der Waals surface area contributed by atoms with E-state index in [1.165, 1.54) is 0 Å². The van der Waals surface area contributed by atoms with Crippen LogP contribution >= 0.6 is 0 Å². The molecule has 0 fully saturated rings. The lowest BCUT2D eigenvalue weighted by Crippen LogP contribution is -2.24. The Bertz CT molecular complexity index is 390. The summed E-state index contributed by atoms with van der Waals surface area (Å²) in [5.41, 5.74) is 7.35. The molecule has 0 aromatic carbocycles. The average molecular weight is 225 g/mol. The maximum absolute atomic E-state index is 12.0. The molecule has 0 amide bonds. The normalized spacial score (nSPS) is 10.9. The van der Waals surface area contributed by atoms with Crippen LogP contribution in [0.2, 0.25) is 0 Å². The molecule has 0 saturated carbocycles. The first-order chi connectivity index (χ1) is 7.67. The summed E-state index contributed by atoms with van der Waals surface area (Å²) in [7, 11) is 0. The lowest BCUT2D eigenvalue weighted by atomic mass is 10.2. The number of hydrogen-bond donors (Lipinski definition) is 1. The Balaban J connectivity index is 3.24. The Kier molecular flexibility index (Phi) is 4.65. The van der Waals surface area contributed by atoms with Crippen molar-refractivity contribution in [2.45, 2.75) is 59.5 Å². The molecule has 0 aliphatic rings. The van der Waals surface area contributed by atoms with Crippen LogP contribution in [0.15, 0.2) is 4.79 Å². The summed E-state index contributed by atoms with van der Waals surface area (Å²) in [6.07, 6.45) is 3.88. The first-order valence-electron chi connectivity index (χ1n) is 6.25. The van der Waals surface area contributed by atoms with Gasteiger partial charge in [-0.2, -0.15) is 0 Å². The van der Waals surface area contributed by atoms with Gasteiger partial charge in [-0.25, -0.2) is 4.68 Å². The van der Waals surface area contributed by atoms with Crippen molar-refractivity contribution >= 4 is 5.69 Å². The number of anilines is 1. The highest BCUT2D eigenvalue weighted by Crippen LogP contribution is 2.12. The third kappa shape index (κ3) is 2.31. The molecule has 92 valence electrons. The van der Waals surface area contributed by atoms with Crippen LogP contribution in [0, 0.1) is 0 Å². The van der Waals surface area contributed by atoms with E-state index < -0.39 is 0 Å². The highest BCUT2D eigenvalue weighted by atomic mass is 16.1. The van der Waals surface area contributed by atoms with Crippen LogP contribution in [0.5, 0.6) is 0 Å². The van der Waals surface area contributed by atoms with Gasteiger partial charge in [0.05, 0.1) is 5.69 Å². The molecule has 1 rings (SSSR count). The summed E-state index contributed by atoms with van der Waals surface area (Å²) in [5.74, 6) is 0. The van der Waals surface area contributed by atoms with Crippen molar-refractivity contribution in [2.24, 2.45) is 0 Å². The van der Waals surface area contributed by atoms with Crippen LogP contribution in [-0.4, -0.2) is 9.36 Å². The fourth-order valence-electron chi connectivity index (χ4n) is 2.06. The molecule has 0 bridgehead atoms. The summed E-state index contributed by atoms with van der Waals surface area (Å²) in [6.45, 7) is 7.93. The number of nitrogens with two attached hydrogens (primary N) is 1. The predicted octanol–water partition coefficient (Wildman–Crippen LogP) is 2.00. The number of nitrogen functional groups attached to an aromatic ring is 1. The van der Waals surface area contributed by atoms with Gasteiger partial charge in [-0.1, -0.05) is 27.2 Å². The standard InChI is InChI=1S/C12H23N3O/c1-4-7-10-11(13)12(16)15(9-6-3)14(10)8-5-2/h4-9,13H2,1-3H3. The second kappa shape index (κ2) is 5.77. The molecular weight excluding hydrogens is 202 g/mol. The number of nitrogens with zero attached hydrogens (tertiary/aromatic N) is 2. The fourth-order valence-corrected chi connectivity index (χ4v) is 2.06. The fraction of sp³-hybridized carbons (Fsp3) is 0.750. The van der Waals surface area contributed by atoms with E-state index in [2.05, 4.69) is 25.5 Å². The van der Waals surface area contributed by atoms with Gasteiger partial charge in [0.2, 0.25) is 0 Å². The molecule has 1 aromatic rings. The average Bonchev–Trinajstić information content (AvgIpc) is 2.48. The lowest BCUT2D eigenvalue weighted by molar-refractivity contribution is 0.422. The Morgan fingerprint density at radius 3 is 2.06 bits per heavy atom. The largest absolute Gasteiger partial charge is 0.393 e. The van der Waals surface area contributed by atoms with Crippen LogP contribution in [0.3, 0.4) is 0 Å². The first-order valence-corrected chi connectivity index (χ1v) is 6.25. The number of rotatable bonds is 6. The minimum atomic E-state index is -0.0150. The monoisotopic (exact) mass is 225 g/mol. The van der Waals surface area contributed by atoms with E-state index in [1.54, 1.807) is 4.68 Å². The van der Waals surface area contributed by atoms with E-state index in [4.69, 9.17) is 5.73 Å². The summed E-state index contributed by atoms with van der Waals surface area (Å²) in [5, 5.41) is 0. The van der Waals surface area contributed by atoms with Gasteiger partial charge in [-0.15, -0.1) is 0 Å². The Labute approximate surface area is 97.0 Å². The molecule has 1 aromatic heterocycles. The van der Waals surface area contributed by atoms with Gasteiger partial charge in [0.1, 0.15) is 5.69 Å². The Morgan fingerprint density at radius 1 is 1.00 bits per heavy atom. The molecule has 4 nitrogen and oxygen atoms in total. The molecule has 0 radical (unpaired) electrons. The third-order valence-corrected chi connectivity index (χ3v) is 2.74. The first kappa shape index (κ1) is 12.9. The van der Waals surface area contributed by atoms with E-state index in [9.17, 15) is 4.79 Å². The predicted molar refractivity (Wildman–Crippen MR) is 67.7 cm³/mol. The van der Waals surface area contributed by atoms with E-state index in [-0.39, 0.29) is 5.56 Å². The van der Waals surface area contributed by atoms with Gasteiger partial charge < -0.3 is 5.73 Å². The van der Waals surface area contributed by atoms with Gasteiger partial charge in [0.25, 0.3) is 5.56 Å². The molecule has 16 heavy (non-hydrogen) atoms. The summed E-state index contributed by atoms with van der Waals surface area (Å²) < 4.78 is 3.87. The van der Waals surface area contributed by atoms with Crippen LogP contribution in [0.1, 0.15) is 45.7 Å². The number of aromatic nitrogens is 2. The molecule has 0 aliphatic carbocycles. The van der Waals surface area contributed by atoms with Crippen LogP contribution in [-0.2, 0) is 19.5 Å². The van der Waals surface area contributed by atoms with Gasteiger partial charge in [-0.3, -0.25) is 9.48 Å². The Morgan fingerprint density at radius 2 is 1.56 bits per heavy atom. The van der Waals surface area contributed by atoms with Crippen molar-refractivity contribution in [2.75, 3.05) is 5.73 Å². The summed E-state index contributed by atoms with van der Waals surface area (Å²) in [6, 6.07) is 0. The molecule has 0 atom stereocenters. The van der Waals surface area contributed by atoms with Crippen molar-refractivity contribution < 1.29 is 0 Å². The van der Waals surface area contributed by atoms with Crippen molar-refractivity contribution in [3.05, 3.63) is 16.0 Å². The maximum Gasteiger partial charge on any atom is 0.290 e. The molecule has 0 saturated heterocycles. The lowest BCUT2D eigenvalue weighted by Gasteiger charge is -2.13. The van der Waals surface area contributed by atoms with E-state index in [0.717, 1.165) is 44.5 Å². The zero-order valence-corrected chi connectivity index (χ0v) is 10.6. The van der Waals surface area contributed by atoms with Crippen LogP contribution in [0.25, 0.3) is 0 Å². The zero-order valence-electron chi connectivity index (χ0n) is 10.6. The number of hydrogen-bond acceptors (Lipinski definition) is 2. The van der Waals surface area contributed by atoms with Crippen LogP contribution < -0.4 is 11.3 Å². The van der Waals surface area contributed by atoms with Gasteiger partial charge in [0.15, 0.2) is 0 Å². The van der Waals surface area contributed by atoms with Crippen molar-refractivity contribution in [3.8, 4) is 0 Å². The molecular formula is C12H23N3O. The second-order valence-corrected chi connectivity index (χ2v) is 4.16. The quantitative estimate of drug-likeness (QED) is 0.805. The van der Waals surface area contributed by atoms with Crippen molar-refractivity contribution in [1.82, 2.24) is 9.36 Å². The molecule has 1 heterocycles. The maximum atomic E-state index is 12.0. The third-order valence-electron chi connectivity index (χ3n) is 2.74. The molecule has 4 heteroatoms. The minimum absolute atomic E-state index is 0.0150. The second-order valence-electron chi connectivity index (χ2n) is 4.16. The smallest absolute Gasteiger partial charge is 0.290 e. The summed E-state index contributed by atoms with van der Waals surface area (Å²) in [4.78, 5) is 12.0. The van der Waals surface area contributed by atoms with E-state index in [1.807, 2.05) is 0 Å². The van der Waals surface area contributed by atoms with Crippen molar-refractivity contribution in [1.29, 1.82) is 0 Å². The minimum Gasteiger partial charge on any atom is -0.393 e. The molecule has 0 unspecified atom stereocenters. The van der Waals surface area contributed by atoms with Gasteiger partial charge in [0, 0.05) is 13.1 Å². The molecule has 0 aliphatic heterocycles. The van der Waals surface area contributed by atoms with Gasteiger partial charge in [-0.05, 0) is 19.3 Å². The highest BCUT2D eigenvalue weighted by Gasteiger charge is 2.15. The summed E-state index contributed by atoms with van der Waals surface area (Å²) >= 11 is 0. The van der Waals surface area contributed by atoms with Gasteiger partial charge >= 0.3 is 0 Å². The zero-order chi connectivity index (χ0) is 12.1. The van der Waals surface area contributed by atoms with Crippen molar-refractivity contribution in [3.63, 3.8) is 0 Å². The molecule has 2 N–H and O–H groups in total. The van der Waals surface area contributed by atoms with Crippen LogP contribution in [0.4, 0.5) is 5.69 Å². The topological polar surface area (TPSA) is 53.0 Å². The SMILES string of the molecule is CCCc1c(N)c(=O)n(CCC)n1CCC. The highest BCUT2D eigenvalue weighted by molar-refractivity contribution is 5.41. The Hall–Kier alpha value is -1.19. The van der Waals surface area contributed by atoms with E-state index >= 15 is 0 Å². The molecule has 0 spiro atoms.